The number of carboxylic acid groups (broad SMARTS) is 1. The normalized spacial score (nSPS) is 20.7. The van der Waals surface area contributed by atoms with Gasteiger partial charge in [-0.1, -0.05) is 40.9 Å². The van der Waals surface area contributed by atoms with Crippen LogP contribution < -0.4 is 10.2 Å². The molecule has 0 saturated carbocycles. The maximum Gasteiger partial charge on any atom is 0.317 e. The number of carboxylic acids is 1. The number of rotatable bonds is 7. The van der Waals surface area contributed by atoms with E-state index in [1.165, 1.54) is 0 Å². The quantitative estimate of drug-likeness (QED) is 0.449. The molecule has 33 heavy (non-hydrogen) atoms. The number of anilines is 2. The summed E-state index contributed by atoms with van der Waals surface area (Å²) >= 11 is 18.9. The molecule has 0 aliphatic carbocycles. The fraction of sp³-hybridized carbons (Fsp3) is 0.480. The Morgan fingerprint density at radius 1 is 1.03 bits per heavy atom. The number of nitrogens with one attached hydrogen (secondary N) is 1. The van der Waals surface area contributed by atoms with E-state index in [2.05, 4.69) is 34.2 Å². The van der Waals surface area contributed by atoms with Crippen LogP contribution in [0.3, 0.4) is 0 Å². The predicted octanol–water partition coefficient (Wildman–Crippen LogP) is 6.44. The lowest BCUT2D eigenvalue weighted by Gasteiger charge is -2.36. The molecule has 2 aliphatic rings. The van der Waals surface area contributed by atoms with E-state index in [9.17, 15) is 4.79 Å². The van der Waals surface area contributed by atoms with Crippen LogP contribution >= 0.6 is 34.8 Å². The van der Waals surface area contributed by atoms with E-state index in [1.54, 1.807) is 6.07 Å². The van der Waals surface area contributed by atoms with Crippen molar-refractivity contribution in [2.45, 2.75) is 32.2 Å². The van der Waals surface area contributed by atoms with Gasteiger partial charge in [0.25, 0.3) is 0 Å². The summed E-state index contributed by atoms with van der Waals surface area (Å²) in [5.74, 6) is 0.543. The molecule has 2 unspecified atom stereocenters. The van der Waals surface area contributed by atoms with Gasteiger partial charge in [-0.3, -0.25) is 9.69 Å². The van der Waals surface area contributed by atoms with Crippen LogP contribution in [0.15, 0.2) is 36.4 Å². The van der Waals surface area contributed by atoms with Gasteiger partial charge < -0.3 is 15.3 Å². The average Bonchev–Trinajstić information content (AvgIpc) is 3.23. The summed E-state index contributed by atoms with van der Waals surface area (Å²) in [4.78, 5) is 15.5. The number of hydrogen-bond donors (Lipinski definition) is 2. The lowest BCUT2D eigenvalue weighted by molar-refractivity contribution is -0.138. The molecular formula is C25H30Cl3N3O2. The van der Waals surface area contributed by atoms with Gasteiger partial charge in [0.1, 0.15) is 0 Å². The molecule has 0 radical (unpaired) electrons. The zero-order chi connectivity index (χ0) is 23.5. The van der Waals surface area contributed by atoms with Crippen LogP contribution in [0.5, 0.6) is 0 Å². The van der Waals surface area contributed by atoms with Crippen molar-refractivity contribution in [2.75, 3.05) is 42.9 Å². The molecule has 0 amide bonds. The summed E-state index contributed by atoms with van der Waals surface area (Å²) in [6.07, 6.45) is 3.37. The van der Waals surface area contributed by atoms with Crippen molar-refractivity contribution in [2.24, 2.45) is 11.8 Å². The molecule has 5 nitrogen and oxygen atoms in total. The minimum atomic E-state index is -0.731. The minimum absolute atomic E-state index is 0.0237. The van der Waals surface area contributed by atoms with Crippen LogP contribution in [0.4, 0.5) is 11.4 Å². The smallest absolute Gasteiger partial charge is 0.317 e. The van der Waals surface area contributed by atoms with E-state index in [1.807, 2.05) is 18.2 Å². The molecule has 2 heterocycles. The fourth-order valence-electron chi connectivity index (χ4n) is 5.20. The fourth-order valence-corrected chi connectivity index (χ4v) is 5.94. The maximum atomic E-state index is 11.0. The number of likely N-dealkylation sites (tertiary alicyclic amines) is 1. The van der Waals surface area contributed by atoms with Crippen LogP contribution in [-0.4, -0.2) is 48.7 Å². The molecule has 4 rings (SSSR count). The van der Waals surface area contributed by atoms with Crippen LogP contribution in [0, 0.1) is 11.8 Å². The topological polar surface area (TPSA) is 55.8 Å². The standard InChI is InChI=1S/C25H30Cl3N3O2/c1-16(21-4-2-19(26)12-23(21)28)29-24-13-20(3-5-22(24)27)31-10-7-17(8-11-31)18-6-9-30(14-18)15-25(32)33/h2-5,12-13,16-18,29H,6-11,14-15H2,1H3,(H,32,33). The monoisotopic (exact) mass is 509 g/mol. The van der Waals surface area contributed by atoms with Gasteiger partial charge in [-0.25, -0.2) is 0 Å². The molecule has 2 aromatic carbocycles. The van der Waals surface area contributed by atoms with Crippen molar-refractivity contribution < 1.29 is 9.90 Å². The Hall–Kier alpha value is -1.66. The second-order valence-electron chi connectivity index (χ2n) is 9.20. The summed E-state index contributed by atoms with van der Waals surface area (Å²) < 4.78 is 0. The molecule has 178 valence electrons. The summed E-state index contributed by atoms with van der Waals surface area (Å²) in [6, 6.07) is 11.7. The number of benzene rings is 2. The Labute approximate surface area is 210 Å². The Morgan fingerprint density at radius 3 is 2.45 bits per heavy atom. The maximum absolute atomic E-state index is 11.0. The van der Waals surface area contributed by atoms with E-state index >= 15 is 0 Å². The molecule has 8 heteroatoms. The molecule has 2 fully saturated rings. The summed E-state index contributed by atoms with van der Waals surface area (Å²) in [6.45, 7) is 6.03. The Morgan fingerprint density at radius 2 is 1.76 bits per heavy atom. The molecule has 2 saturated heterocycles. The summed E-state index contributed by atoms with van der Waals surface area (Å²) in [7, 11) is 0. The third-order valence-corrected chi connectivity index (χ3v) is 7.88. The second-order valence-corrected chi connectivity index (χ2v) is 10.4. The van der Waals surface area contributed by atoms with E-state index in [-0.39, 0.29) is 12.6 Å². The van der Waals surface area contributed by atoms with Gasteiger partial charge in [0.15, 0.2) is 0 Å². The average molecular weight is 511 g/mol. The molecule has 0 spiro atoms. The van der Waals surface area contributed by atoms with Gasteiger partial charge in [-0.15, -0.1) is 0 Å². The highest BCUT2D eigenvalue weighted by molar-refractivity contribution is 6.35. The Bertz CT molecular complexity index is 995. The van der Waals surface area contributed by atoms with Gasteiger partial charge in [-0.2, -0.15) is 0 Å². The molecular weight excluding hydrogens is 481 g/mol. The van der Waals surface area contributed by atoms with E-state index in [0.717, 1.165) is 62.4 Å². The number of hydrogen-bond acceptors (Lipinski definition) is 4. The number of halogens is 3. The van der Waals surface area contributed by atoms with Gasteiger partial charge in [-0.05, 0) is 80.5 Å². The first-order valence-corrected chi connectivity index (χ1v) is 12.6. The van der Waals surface area contributed by atoms with Crippen LogP contribution in [-0.2, 0) is 4.79 Å². The van der Waals surface area contributed by atoms with Gasteiger partial charge in [0.2, 0.25) is 0 Å². The van der Waals surface area contributed by atoms with Crippen molar-refractivity contribution in [1.82, 2.24) is 4.90 Å². The predicted molar refractivity (Wildman–Crippen MR) is 137 cm³/mol. The third kappa shape index (κ3) is 6.07. The molecule has 0 bridgehead atoms. The Kier molecular flexibility index (Phi) is 7.95. The highest BCUT2D eigenvalue weighted by atomic mass is 35.5. The number of carbonyl (C=O) groups is 1. The van der Waals surface area contributed by atoms with E-state index in [0.29, 0.717) is 26.9 Å². The van der Waals surface area contributed by atoms with Crippen LogP contribution in [0.2, 0.25) is 15.1 Å². The molecule has 0 aromatic heterocycles. The van der Waals surface area contributed by atoms with Crippen molar-refractivity contribution >= 4 is 52.1 Å². The number of nitrogens with zero attached hydrogens (tertiary/aromatic N) is 2. The van der Waals surface area contributed by atoms with Gasteiger partial charge in [0, 0.05) is 35.4 Å². The van der Waals surface area contributed by atoms with Crippen molar-refractivity contribution in [3.63, 3.8) is 0 Å². The van der Waals surface area contributed by atoms with Crippen molar-refractivity contribution in [1.29, 1.82) is 0 Å². The first kappa shape index (κ1) is 24.5. The van der Waals surface area contributed by atoms with Crippen LogP contribution in [0.25, 0.3) is 0 Å². The zero-order valence-corrected chi connectivity index (χ0v) is 21.0. The highest BCUT2D eigenvalue weighted by Crippen LogP contribution is 2.36. The van der Waals surface area contributed by atoms with E-state index in [4.69, 9.17) is 39.9 Å². The second kappa shape index (κ2) is 10.7. The van der Waals surface area contributed by atoms with Crippen molar-refractivity contribution in [3.8, 4) is 0 Å². The zero-order valence-electron chi connectivity index (χ0n) is 18.7. The molecule has 2 atom stereocenters. The van der Waals surface area contributed by atoms with Gasteiger partial charge in [0.05, 0.1) is 23.3 Å². The lowest BCUT2D eigenvalue weighted by atomic mass is 9.83. The van der Waals surface area contributed by atoms with Crippen molar-refractivity contribution in [3.05, 3.63) is 57.0 Å². The van der Waals surface area contributed by atoms with Gasteiger partial charge >= 0.3 is 5.97 Å². The first-order chi connectivity index (χ1) is 15.8. The molecule has 2 aromatic rings. The lowest BCUT2D eigenvalue weighted by Crippen LogP contribution is -2.37. The summed E-state index contributed by atoms with van der Waals surface area (Å²) in [5, 5.41) is 14.5. The summed E-state index contributed by atoms with van der Waals surface area (Å²) in [5.41, 5.74) is 3.01. The largest absolute Gasteiger partial charge is 0.480 e. The number of aliphatic carboxylic acids is 1. The number of piperidine rings is 1. The molecule has 2 aliphatic heterocycles. The third-order valence-electron chi connectivity index (χ3n) is 6.99. The van der Waals surface area contributed by atoms with E-state index < -0.39 is 5.97 Å². The van der Waals surface area contributed by atoms with Crippen LogP contribution in [0.1, 0.15) is 37.8 Å². The first-order valence-electron chi connectivity index (χ1n) is 11.5. The Balaban J connectivity index is 1.37. The SMILES string of the molecule is CC(Nc1cc(N2CCC(C3CCN(CC(=O)O)C3)CC2)ccc1Cl)c1ccc(Cl)cc1Cl. The minimum Gasteiger partial charge on any atom is -0.480 e. The molecule has 2 N–H and O–H groups in total. The highest BCUT2D eigenvalue weighted by Gasteiger charge is 2.32.